The Kier molecular flexibility index (Phi) is 5.18. The Morgan fingerprint density at radius 3 is 2.46 bits per heavy atom. The second-order valence-electron chi connectivity index (χ2n) is 6.51. The zero-order valence-electron chi connectivity index (χ0n) is 15.0. The summed E-state index contributed by atoms with van der Waals surface area (Å²) < 4.78 is 11.1. The minimum atomic E-state index is -0.470. The monoisotopic (exact) mass is 394 g/mol. The average Bonchev–Trinajstić information content (AvgIpc) is 3.20. The molecule has 2 fully saturated rings. The van der Waals surface area contributed by atoms with Crippen molar-refractivity contribution in [2.24, 2.45) is 5.92 Å². The standard InChI is InChI=1S/C21H18N2O4S/c24-19-18(12-14-10-11-26-13-14)20(25)23(21(28)22-19)15-6-8-17(9-7-15)27-16-4-2-1-3-5-16/h1-9,12,14H,10-11,13H2,(H,22,24,28)/b18-12-. The molecule has 0 radical (unpaired) electrons. The van der Waals surface area contributed by atoms with Gasteiger partial charge >= 0.3 is 0 Å². The van der Waals surface area contributed by atoms with Crippen molar-refractivity contribution < 1.29 is 19.1 Å². The zero-order valence-corrected chi connectivity index (χ0v) is 15.8. The summed E-state index contributed by atoms with van der Waals surface area (Å²) in [5, 5.41) is 2.66. The zero-order chi connectivity index (χ0) is 19.5. The summed E-state index contributed by atoms with van der Waals surface area (Å²) in [7, 11) is 0. The van der Waals surface area contributed by atoms with Gasteiger partial charge in [-0.3, -0.25) is 19.8 Å². The van der Waals surface area contributed by atoms with Gasteiger partial charge in [-0.2, -0.15) is 0 Å². The molecule has 28 heavy (non-hydrogen) atoms. The van der Waals surface area contributed by atoms with Gasteiger partial charge in [-0.15, -0.1) is 0 Å². The molecule has 0 aromatic heterocycles. The highest BCUT2D eigenvalue weighted by Crippen LogP contribution is 2.27. The minimum absolute atomic E-state index is 0.0554. The van der Waals surface area contributed by atoms with Gasteiger partial charge in [-0.25, -0.2) is 0 Å². The van der Waals surface area contributed by atoms with Crippen molar-refractivity contribution in [2.75, 3.05) is 18.1 Å². The van der Waals surface area contributed by atoms with Gasteiger partial charge in [0, 0.05) is 12.5 Å². The average molecular weight is 394 g/mol. The Hall–Kier alpha value is -3.03. The molecule has 2 saturated heterocycles. The van der Waals surface area contributed by atoms with E-state index in [0.29, 0.717) is 24.7 Å². The molecule has 2 aliphatic rings. The molecular formula is C21H18N2O4S. The quantitative estimate of drug-likeness (QED) is 0.490. The molecule has 0 bridgehead atoms. The number of anilines is 1. The summed E-state index contributed by atoms with van der Waals surface area (Å²) in [6, 6.07) is 16.4. The molecule has 142 valence electrons. The number of benzene rings is 2. The number of thiocarbonyl (C=S) groups is 1. The van der Waals surface area contributed by atoms with Gasteiger partial charge in [0.1, 0.15) is 17.1 Å². The van der Waals surface area contributed by atoms with Crippen molar-refractivity contribution >= 4 is 34.8 Å². The molecular weight excluding hydrogens is 376 g/mol. The number of rotatable bonds is 4. The number of carbonyl (C=O) groups is 2. The van der Waals surface area contributed by atoms with E-state index in [-0.39, 0.29) is 16.6 Å². The highest BCUT2D eigenvalue weighted by atomic mass is 32.1. The van der Waals surface area contributed by atoms with Crippen LogP contribution in [0.25, 0.3) is 0 Å². The summed E-state index contributed by atoms with van der Waals surface area (Å²) in [5.74, 6) is 0.503. The maximum atomic E-state index is 12.9. The highest BCUT2D eigenvalue weighted by Gasteiger charge is 2.35. The molecule has 2 aromatic rings. The Balaban J connectivity index is 1.55. The summed E-state index contributed by atoms with van der Waals surface area (Å²) in [4.78, 5) is 26.5. The van der Waals surface area contributed by atoms with Crippen molar-refractivity contribution in [3.05, 3.63) is 66.2 Å². The third kappa shape index (κ3) is 3.81. The molecule has 0 aliphatic carbocycles. The Labute approximate surface area is 167 Å². The largest absolute Gasteiger partial charge is 0.457 e. The maximum absolute atomic E-state index is 12.9. The summed E-state index contributed by atoms with van der Waals surface area (Å²) in [6.45, 7) is 1.15. The number of nitrogens with zero attached hydrogens (tertiary/aromatic N) is 1. The fraction of sp³-hybridized carbons (Fsp3) is 0.190. The predicted octanol–water partition coefficient (Wildman–Crippen LogP) is 3.19. The van der Waals surface area contributed by atoms with Crippen LogP contribution < -0.4 is 15.0 Å². The van der Waals surface area contributed by atoms with Crippen LogP contribution in [0.5, 0.6) is 11.5 Å². The second kappa shape index (κ2) is 7.92. The van der Waals surface area contributed by atoms with Crippen molar-refractivity contribution in [3.8, 4) is 11.5 Å². The fourth-order valence-electron chi connectivity index (χ4n) is 3.12. The van der Waals surface area contributed by atoms with Gasteiger partial charge in [-0.1, -0.05) is 24.3 Å². The van der Waals surface area contributed by atoms with Crippen LogP contribution in [0.2, 0.25) is 0 Å². The molecule has 0 spiro atoms. The van der Waals surface area contributed by atoms with Crippen LogP contribution in [0.4, 0.5) is 5.69 Å². The van der Waals surface area contributed by atoms with Crippen LogP contribution in [-0.4, -0.2) is 30.1 Å². The van der Waals surface area contributed by atoms with E-state index in [1.807, 2.05) is 30.3 Å². The molecule has 0 saturated carbocycles. The van der Waals surface area contributed by atoms with Crippen LogP contribution in [0.3, 0.4) is 0 Å². The first kappa shape index (κ1) is 18.3. The number of carbonyl (C=O) groups excluding carboxylic acids is 2. The number of nitrogens with one attached hydrogen (secondary N) is 1. The molecule has 1 atom stereocenters. The lowest BCUT2D eigenvalue weighted by molar-refractivity contribution is -0.122. The molecule has 7 heteroatoms. The molecule has 1 unspecified atom stereocenters. The van der Waals surface area contributed by atoms with Crippen LogP contribution in [-0.2, 0) is 14.3 Å². The van der Waals surface area contributed by atoms with Crippen molar-refractivity contribution in [1.82, 2.24) is 5.32 Å². The number of para-hydroxylation sites is 1. The number of amides is 2. The van der Waals surface area contributed by atoms with E-state index in [1.165, 1.54) is 4.90 Å². The Morgan fingerprint density at radius 1 is 1.07 bits per heavy atom. The molecule has 2 aliphatic heterocycles. The summed E-state index contributed by atoms with van der Waals surface area (Å²) >= 11 is 5.23. The minimum Gasteiger partial charge on any atom is -0.457 e. The van der Waals surface area contributed by atoms with Crippen molar-refractivity contribution in [3.63, 3.8) is 0 Å². The lowest BCUT2D eigenvalue weighted by Crippen LogP contribution is -2.54. The number of hydrogen-bond acceptors (Lipinski definition) is 5. The van der Waals surface area contributed by atoms with Gasteiger partial charge in [-0.05, 0) is 55.0 Å². The molecule has 4 rings (SSSR count). The number of hydrogen-bond donors (Lipinski definition) is 1. The lowest BCUT2D eigenvalue weighted by atomic mass is 10.0. The van der Waals surface area contributed by atoms with Crippen LogP contribution in [0.1, 0.15) is 6.42 Å². The molecule has 1 N–H and O–H groups in total. The normalized spacial score (nSPS) is 21.1. The van der Waals surface area contributed by atoms with E-state index in [0.717, 1.165) is 12.2 Å². The highest BCUT2D eigenvalue weighted by molar-refractivity contribution is 7.80. The number of ether oxygens (including phenoxy) is 2. The van der Waals surface area contributed by atoms with Gasteiger partial charge in [0.05, 0.1) is 12.3 Å². The van der Waals surface area contributed by atoms with Gasteiger partial charge in [0.15, 0.2) is 5.11 Å². The first-order chi connectivity index (χ1) is 13.6. The third-order valence-corrected chi connectivity index (χ3v) is 4.83. The van der Waals surface area contributed by atoms with Gasteiger partial charge < -0.3 is 9.47 Å². The summed E-state index contributed by atoms with van der Waals surface area (Å²) in [6.07, 6.45) is 2.48. The van der Waals surface area contributed by atoms with E-state index >= 15 is 0 Å². The molecule has 2 amide bonds. The first-order valence-corrected chi connectivity index (χ1v) is 9.35. The molecule has 2 heterocycles. The van der Waals surface area contributed by atoms with Crippen LogP contribution in [0.15, 0.2) is 66.2 Å². The van der Waals surface area contributed by atoms with E-state index in [1.54, 1.807) is 30.3 Å². The Morgan fingerprint density at radius 2 is 1.79 bits per heavy atom. The van der Waals surface area contributed by atoms with Crippen LogP contribution in [0, 0.1) is 5.92 Å². The van der Waals surface area contributed by atoms with Gasteiger partial charge in [0.2, 0.25) is 0 Å². The smallest absolute Gasteiger partial charge is 0.269 e. The van der Waals surface area contributed by atoms with E-state index < -0.39 is 11.8 Å². The van der Waals surface area contributed by atoms with E-state index in [4.69, 9.17) is 21.7 Å². The third-order valence-electron chi connectivity index (χ3n) is 4.54. The molecule has 6 nitrogen and oxygen atoms in total. The first-order valence-electron chi connectivity index (χ1n) is 8.94. The summed E-state index contributed by atoms with van der Waals surface area (Å²) in [5.41, 5.74) is 0.651. The van der Waals surface area contributed by atoms with Crippen molar-refractivity contribution in [1.29, 1.82) is 0 Å². The van der Waals surface area contributed by atoms with Crippen molar-refractivity contribution in [2.45, 2.75) is 6.42 Å². The van der Waals surface area contributed by atoms with Crippen LogP contribution >= 0.6 is 12.2 Å². The van der Waals surface area contributed by atoms with Gasteiger partial charge in [0.25, 0.3) is 11.8 Å². The van der Waals surface area contributed by atoms with E-state index in [9.17, 15) is 9.59 Å². The molecule has 2 aromatic carbocycles. The van der Waals surface area contributed by atoms with E-state index in [2.05, 4.69) is 5.32 Å². The second-order valence-corrected chi connectivity index (χ2v) is 6.90. The maximum Gasteiger partial charge on any atom is 0.269 e. The predicted molar refractivity (Wildman–Crippen MR) is 108 cm³/mol. The fourth-order valence-corrected chi connectivity index (χ4v) is 3.40. The SMILES string of the molecule is O=C1NC(=S)N(c2ccc(Oc3ccccc3)cc2)C(=O)/C1=C\C1CCOC1. The Bertz CT molecular complexity index is 935. The lowest BCUT2D eigenvalue weighted by Gasteiger charge is -2.29. The topological polar surface area (TPSA) is 67.9 Å².